The van der Waals surface area contributed by atoms with E-state index < -0.39 is 0 Å². The van der Waals surface area contributed by atoms with Crippen molar-refractivity contribution in [2.75, 3.05) is 0 Å². The van der Waals surface area contributed by atoms with Crippen molar-refractivity contribution in [3.8, 4) is 0 Å². The van der Waals surface area contributed by atoms with E-state index in [0.717, 1.165) is 15.8 Å². The summed E-state index contributed by atoms with van der Waals surface area (Å²) in [5.74, 6) is 0.881. The number of hydrogen-bond acceptors (Lipinski definition) is 2. The van der Waals surface area contributed by atoms with Crippen molar-refractivity contribution in [3.05, 3.63) is 57.4 Å². The van der Waals surface area contributed by atoms with Crippen molar-refractivity contribution in [1.82, 2.24) is 0 Å². The van der Waals surface area contributed by atoms with Gasteiger partial charge in [-0.2, -0.15) is 0 Å². The van der Waals surface area contributed by atoms with Gasteiger partial charge in [-0.15, -0.1) is 0 Å². The highest BCUT2D eigenvalue weighted by Gasteiger charge is 2.10. The molecule has 0 aliphatic rings. The molecular weight excluding hydrogens is 289 g/mol. The molecule has 0 aliphatic heterocycles. The molecule has 1 unspecified atom stereocenters. The Hall–Kier alpha value is -0.770. The summed E-state index contributed by atoms with van der Waals surface area (Å²) in [6.45, 7) is 0. The second-order valence-electron chi connectivity index (χ2n) is 3.56. The molecule has 16 heavy (non-hydrogen) atoms. The van der Waals surface area contributed by atoms with E-state index in [-0.39, 0.29) is 6.04 Å². The quantitative estimate of drug-likeness (QED) is 0.932. The van der Waals surface area contributed by atoms with E-state index in [4.69, 9.17) is 21.8 Å². The molecule has 0 saturated carbocycles. The monoisotopic (exact) mass is 299 g/mol. The van der Waals surface area contributed by atoms with Crippen LogP contribution in [-0.2, 0) is 6.42 Å². The summed E-state index contributed by atoms with van der Waals surface area (Å²) >= 11 is 9.36. The Balaban J connectivity index is 2.14. The maximum atomic E-state index is 6.07. The van der Waals surface area contributed by atoms with E-state index in [1.165, 1.54) is 0 Å². The summed E-state index contributed by atoms with van der Waals surface area (Å²) < 4.78 is 6.14. The van der Waals surface area contributed by atoms with E-state index >= 15 is 0 Å². The van der Waals surface area contributed by atoms with Crippen molar-refractivity contribution < 1.29 is 4.42 Å². The van der Waals surface area contributed by atoms with E-state index in [1.807, 2.05) is 30.3 Å². The third-order valence-corrected chi connectivity index (χ3v) is 3.61. The van der Waals surface area contributed by atoms with Gasteiger partial charge in [0.2, 0.25) is 0 Å². The minimum atomic E-state index is -0.100. The van der Waals surface area contributed by atoms with Crippen LogP contribution in [0.1, 0.15) is 17.4 Å². The highest BCUT2D eigenvalue weighted by molar-refractivity contribution is 9.10. The van der Waals surface area contributed by atoms with Gasteiger partial charge in [0.05, 0.1) is 11.3 Å². The fourth-order valence-corrected chi connectivity index (χ4v) is 1.94. The molecule has 2 aromatic rings. The third-order valence-electron chi connectivity index (χ3n) is 2.37. The summed E-state index contributed by atoms with van der Waals surface area (Å²) in [7, 11) is 0. The van der Waals surface area contributed by atoms with Crippen LogP contribution in [0.15, 0.2) is 45.5 Å². The van der Waals surface area contributed by atoms with Crippen LogP contribution in [0.2, 0.25) is 5.02 Å². The Morgan fingerprint density at radius 1 is 1.38 bits per heavy atom. The molecule has 0 aliphatic carbocycles. The number of nitrogens with two attached hydrogens (primary N) is 1. The van der Waals surface area contributed by atoms with Gasteiger partial charge in [0, 0.05) is 16.9 Å². The highest BCUT2D eigenvalue weighted by Crippen LogP contribution is 2.26. The van der Waals surface area contributed by atoms with Gasteiger partial charge in [-0.1, -0.05) is 17.7 Å². The van der Waals surface area contributed by atoms with Crippen LogP contribution < -0.4 is 5.73 Å². The molecule has 4 heteroatoms. The summed E-state index contributed by atoms with van der Waals surface area (Å²) in [6.07, 6.45) is 2.32. The molecule has 0 fully saturated rings. The Morgan fingerprint density at radius 3 is 2.81 bits per heavy atom. The fraction of sp³-hybridized carbons (Fsp3) is 0.167. The Kier molecular flexibility index (Phi) is 3.69. The van der Waals surface area contributed by atoms with Gasteiger partial charge in [-0.3, -0.25) is 0 Å². The largest absolute Gasteiger partial charge is 0.469 e. The zero-order chi connectivity index (χ0) is 11.5. The van der Waals surface area contributed by atoms with E-state index in [2.05, 4.69) is 15.9 Å². The Labute approximate surface area is 108 Å². The van der Waals surface area contributed by atoms with Crippen LogP contribution in [0.3, 0.4) is 0 Å². The first-order valence-electron chi connectivity index (χ1n) is 4.89. The minimum absolute atomic E-state index is 0.100. The summed E-state index contributed by atoms with van der Waals surface area (Å²) in [5, 5.41) is 0.674. The number of furan rings is 1. The smallest absolute Gasteiger partial charge is 0.105 e. The maximum Gasteiger partial charge on any atom is 0.105 e. The van der Waals surface area contributed by atoms with Crippen LogP contribution >= 0.6 is 27.5 Å². The fourth-order valence-electron chi connectivity index (χ4n) is 1.51. The van der Waals surface area contributed by atoms with Crippen LogP contribution in [0, 0.1) is 0 Å². The summed E-state index contributed by atoms with van der Waals surface area (Å²) in [6, 6.07) is 9.41. The predicted octanol–water partition coefficient (Wildman–Crippen LogP) is 3.94. The summed E-state index contributed by atoms with van der Waals surface area (Å²) in [5.41, 5.74) is 7.08. The number of benzene rings is 1. The van der Waals surface area contributed by atoms with Gasteiger partial charge in [0.1, 0.15) is 5.76 Å². The van der Waals surface area contributed by atoms with E-state index in [0.29, 0.717) is 11.4 Å². The van der Waals surface area contributed by atoms with E-state index in [9.17, 15) is 0 Å². The lowest BCUT2D eigenvalue weighted by molar-refractivity contribution is 0.488. The van der Waals surface area contributed by atoms with Crippen LogP contribution in [0.5, 0.6) is 0 Å². The van der Waals surface area contributed by atoms with Crippen molar-refractivity contribution in [2.24, 2.45) is 5.73 Å². The SMILES string of the molecule is NC(Cc1ccco1)c1ccc(Br)c(Cl)c1. The third kappa shape index (κ3) is 2.67. The molecule has 0 spiro atoms. The second kappa shape index (κ2) is 5.04. The van der Waals surface area contributed by atoms with Crippen molar-refractivity contribution in [1.29, 1.82) is 0 Å². The molecule has 0 saturated heterocycles. The van der Waals surface area contributed by atoms with Crippen molar-refractivity contribution >= 4 is 27.5 Å². The second-order valence-corrected chi connectivity index (χ2v) is 4.83. The first-order valence-corrected chi connectivity index (χ1v) is 6.07. The predicted molar refractivity (Wildman–Crippen MR) is 68.5 cm³/mol. The van der Waals surface area contributed by atoms with Gasteiger partial charge in [0.25, 0.3) is 0 Å². The molecule has 0 amide bonds. The van der Waals surface area contributed by atoms with Crippen LogP contribution in [-0.4, -0.2) is 0 Å². The minimum Gasteiger partial charge on any atom is -0.469 e. The lowest BCUT2D eigenvalue weighted by atomic mass is 10.0. The molecule has 1 heterocycles. The molecule has 1 atom stereocenters. The summed E-state index contributed by atoms with van der Waals surface area (Å²) in [4.78, 5) is 0. The van der Waals surface area contributed by atoms with Gasteiger partial charge in [0.15, 0.2) is 0 Å². The topological polar surface area (TPSA) is 39.2 Å². The number of halogens is 2. The zero-order valence-electron chi connectivity index (χ0n) is 8.49. The normalized spacial score (nSPS) is 12.7. The first-order chi connectivity index (χ1) is 7.66. The first kappa shape index (κ1) is 11.7. The van der Waals surface area contributed by atoms with Crippen LogP contribution in [0.4, 0.5) is 0 Å². The lowest BCUT2D eigenvalue weighted by Crippen LogP contribution is -2.12. The maximum absolute atomic E-state index is 6.07. The Morgan fingerprint density at radius 2 is 2.19 bits per heavy atom. The molecule has 1 aromatic carbocycles. The highest BCUT2D eigenvalue weighted by atomic mass is 79.9. The van der Waals surface area contributed by atoms with Gasteiger partial charge in [-0.25, -0.2) is 0 Å². The van der Waals surface area contributed by atoms with Crippen molar-refractivity contribution in [3.63, 3.8) is 0 Å². The van der Waals surface area contributed by atoms with Crippen LogP contribution in [0.25, 0.3) is 0 Å². The number of hydrogen-bond donors (Lipinski definition) is 1. The van der Waals surface area contributed by atoms with Crippen molar-refractivity contribution in [2.45, 2.75) is 12.5 Å². The molecule has 1 aromatic heterocycles. The molecule has 0 bridgehead atoms. The van der Waals surface area contributed by atoms with Gasteiger partial charge >= 0.3 is 0 Å². The molecular formula is C12H11BrClNO. The average molecular weight is 301 g/mol. The molecule has 2 nitrogen and oxygen atoms in total. The molecule has 2 rings (SSSR count). The lowest BCUT2D eigenvalue weighted by Gasteiger charge is -2.11. The molecule has 84 valence electrons. The molecule has 2 N–H and O–H groups in total. The number of rotatable bonds is 3. The van der Waals surface area contributed by atoms with Gasteiger partial charge in [-0.05, 0) is 45.8 Å². The average Bonchev–Trinajstić information content (AvgIpc) is 2.74. The zero-order valence-corrected chi connectivity index (χ0v) is 10.8. The Bertz CT molecular complexity index is 470. The van der Waals surface area contributed by atoms with E-state index in [1.54, 1.807) is 6.26 Å². The standard InChI is InChI=1S/C12H11BrClNO/c13-10-4-3-8(6-11(10)14)12(15)7-9-2-1-5-16-9/h1-6,12H,7,15H2. The van der Waals surface area contributed by atoms with Gasteiger partial charge < -0.3 is 10.2 Å². The molecule has 0 radical (unpaired) electrons.